The molecule has 3 rings (SSSR count). The number of nitrogens with zero attached hydrogens (tertiary/aromatic N) is 2. The highest BCUT2D eigenvalue weighted by molar-refractivity contribution is 5.97. The number of hydrogen-bond donors (Lipinski definition) is 0. The first-order valence-corrected chi connectivity index (χ1v) is 6.87. The van der Waals surface area contributed by atoms with Crippen LogP contribution in [0, 0.1) is 0 Å². The predicted molar refractivity (Wildman–Crippen MR) is 75.6 cm³/mol. The Balaban J connectivity index is 1.96. The van der Waals surface area contributed by atoms with E-state index in [0.29, 0.717) is 5.56 Å². The van der Waals surface area contributed by atoms with Gasteiger partial charge in [-0.2, -0.15) is 18.7 Å². The lowest BCUT2D eigenvalue weighted by Gasteiger charge is -2.10. The number of cyclic esters (lactones) is 1. The van der Waals surface area contributed by atoms with Crippen molar-refractivity contribution >= 4 is 5.97 Å². The van der Waals surface area contributed by atoms with Crippen LogP contribution in [0.4, 0.5) is 8.78 Å². The quantitative estimate of drug-likeness (QED) is 0.775. The van der Waals surface area contributed by atoms with Gasteiger partial charge in [0.05, 0.1) is 13.2 Å². The average molecular weight is 338 g/mol. The fourth-order valence-electron chi connectivity index (χ4n) is 2.26. The third kappa shape index (κ3) is 3.05. The molecule has 1 aliphatic rings. The predicted octanol–water partition coefficient (Wildman–Crippen LogP) is 3.11. The Bertz CT molecular complexity index is 784. The van der Waals surface area contributed by atoms with Crippen molar-refractivity contribution in [2.75, 3.05) is 7.11 Å². The van der Waals surface area contributed by atoms with E-state index in [1.807, 2.05) is 0 Å². The van der Waals surface area contributed by atoms with Crippen LogP contribution in [0.25, 0.3) is 0 Å². The van der Waals surface area contributed by atoms with E-state index in [2.05, 4.69) is 14.7 Å². The molecule has 7 nitrogen and oxygen atoms in total. The Morgan fingerprint density at radius 1 is 1.25 bits per heavy atom. The second kappa shape index (κ2) is 6.26. The zero-order chi connectivity index (χ0) is 17.3. The largest absolute Gasteiger partial charge is 0.481 e. The van der Waals surface area contributed by atoms with Gasteiger partial charge >= 0.3 is 18.6 Å². The van der Waals surface area contributed by atoms with Gasteiger partial charge in [-0.3, -0.25) is 0 Å². The summed E-state index contributed by atoms with van der Waals surface area (Å²) < 4.78 is 44.5. The Kier molecular flexibility index (Phi) is 4.15. The van der Waals surface area contributed by atoms with Crippen LogP contribution in [0.2, 0.25) is 0 Å². The molecular formula is C15H12F2N2O5. The Morgan fingerprint density at radius 3 is 2.71 bits per heavy atom. The van der Waals surface area contributed by atoms with Gasteiger partial charge < -0.3 is 18.9 Å². The van der Waals surface area contributed by atoms with Crippen LogP contribution in [0.3, 0.4) is 0 Å². The number of aromatic nitrogens is 2. The van der Waals surface area contributed by atoms with Crippen LogP contribution in [-0.2, 0) is 4.74 Å². The Hall–Kier alpha value is -2.97. The molecule has 1 aromatic carbocycles. The number of esters is 1. The van der Waals surface area contributed by atoms with Crippen LogP contribution in [0.5, 0.6) is 23.5 Å². The van der Waals surface area contributed by atoms with Gasteiger partial charge in [-0.1, -0.05) is 12.1 Å². The molecule has 0 saturated carbocycles. The van der Waals surface area contributed by atoms with Gasteiger partial charge in [0.1, 0.15) is 17.4 Å². The highest BCUT2D eigenvalue weighted by Crippen LogP contribution is 2.37. The van der Waals surface area contributed by atoms with Crippen molar-refractivity contribution in [2.24, 2.45) is 0 Å². The molecule has 2 aromatic rings. The van der Waals surface area contributed by atoms with Crippen molar-refractivity contribution < 1.29 is 32.5 Å². The maximum atomic E-state index is 12.4. The summed E-state index contributed by atoms with van der Waals surface area (Å²) in [6.07, 6.45) is -0.403. The third-order valence-electron chi connectivity index (χ3n) is 3.26. The van der Waals surface area contributed by atoms with Gasteiger partial charge in [0, 0.05) is 5.56 Å². The number of fused-ring (bicyclic) bond motifs is 1. The molecular weight excluding hydrogens is 326 g/mol. The van der Waals surface area contributed by atoms with Gasteiger partial charge in [-0.05, 0) is 13.0 Å². The van der Waals surface area contributed by atoms with Crippen molar-refractivity contribution in [1.82, 2.24) is 9.97 Å². The Labute approximate surface area is 135 Å². The lowest BCUT2D eigenvalue weighted by atomic mass is 10.1. The maximum Gasteiger partial charge on any atom is 0.388 e. The fraction of sp³-hybridized carbons (Fsp3) is 0.267. The lowest BCUT2D eigenvalue weighted by molar-refractivity contribution is -0.0532. The minimum Gasteiger partial charge on any atom is -0.481 e. The molecule has 0 amide bonds. The standard InChI is InChI=1S/C15H12F2N2O5/c1-7-8-4-3-5-9(12(8)13(20)22-7)23-15-18-10(21-2)6-11(19-15)24-14(16)17/h3-7,14H,1-2H3. The van der Waals surface area contributed by atoms with Crippen LogP contribution < -0.4 is 14.2 Å². The molecule has 0 aliphatic carbocycles. The monoisotopic (exact) mass is 338 g/mol. The molecule has 9 heteroatoms. The van der Waals surface area contributed by atoms with Gasteiger partial charge in [-0.25, -0.2) is 4.79 Å². The lowest BCUT2D eigenvalue weighted by Crippen LogP contribution is -2.06. The minimum absolute atomic E-state index is 0.0285. The molecule has 0 spiro atoms. The summed E-state index contributed by atoms with van der Waals surface area (Å²) in [4.78, 5) is 19.5. The number of hydrogen-bond acceptors (Lipinski definition) is 7. The van der Waals surface area contributed by atoms with Crippen molar-refractivity contribution in [3.8, 4) is 23.5 Å². The molecule has 24 heavy (non-hydrogen) atoms. The van der Waals surface area contributed by atoms with Gasteiger partial charge in [0.15, 0.2) is 0 Å². The second-order valence-corrected chi connectivity index (χ2v) is 4.78. The summed E-state index contributed by atoms with van der Waals surface area (Å²) in [5.74, 6) is -0.840. The van der Waals surface area contributed by atoms with E-state index in [4.69, 9.17) is 14.2 Å². The van der Waals surface area contributed by atoms with E-state index in [9.17, 15) is 13.6 Å². The number of benzene rings is 1. The summed E-state index contributed by atoms with van der Waals surface area (Å²) in [5.41, 5.74) is 0.900. The van der Waals surface area contributed by atoms with Crippen molar-refractivity contribution in [3.63, 3.8) is 0 Å². The van der Waals surface area contributed by atoms with Crippen LogP contribution in [0.15, 0.2) is 24.3 Å². The van der Waals surface area contributed by atoms with E-state index in [1.165, 1.54) is 13.2 Å². The average Bonchev–Trinajstić information content (AvgIpc) is 2.82. The summed E-state index contributed by atoms with van der Waals surface area (Å²) in [5, 5.41) is 0. The maximum absolute atomic E-state index is 12.4. The number of carbonyl (C=O) groups excluding carboxylic acids is 1. The SMILES string of the molecule is COc1cc(OC(F)F)nc(Oc2cccc3c2C(=O)OC3C)n1. The minimum atomic E-state index is -3.06. The highest BCUT2D eigenvalue weighted by atomic mass is 19.3. The summed E-state index contributed by atoms with van der Waals surface area (Å²) in [6, 6.07) is 5.71. The second-order valence-electron chi connectivity index (χ2n) is 4.78. The van der Waals surface area contributed by atoms with E-state index in [0.717, 1.165) is 6.07 Å². The smallest absolute Gasteiger partial charge is 0.388 e. The van der Waals surface area contributed by atoms with Gasteiger partial charge in [0.2, 0.25) is 11.8 Å². The molecule has 0 bridgehead atoms. The van der Waals surface area contributed by atoms with E-state index in [1.54, 1.807) is 19.1 Å². The van der Waals surface area contributed by atoms with Crippen LogP contribution in [0.1, 0.15) is 28.9 Å². The molecule has 2 heterocycles. The molecule has 1 aliphatic heterocycles. The first kappa shape index (κ1) is 15.9. The summed E-state index contributed by atoms with van der Waals surface area (Å²) >= 11 is 0. The normalized spacial score (nSPS) is 15.9. The molecule has 126 valence electrons. The molecule has 1 atom stereocenters. The molecule has 0 saturated heterocycles. The Morgan fingerprint density at radius 2 is 2.00 bits per heavy atom. The van der Waals surface area contributed by atoms with Gasteiger partial charge in [-0.15, -0.1) is 0 Å². The topological polar surface area (TPSA) is 79.8 Å². The first-order valence-electron chi connectivity index (χ1n) is 6.87. The van der Waals surface area contributed by atoms with E-state index < -0.39 is 24.6 Å². The molecule has 0 radical (unpaired) electrons. The number of halogens is 2. The summed E-state index contributed by atoms with van der Waals surface area (Å²) in [7, 11) is 1.30. The number of carbonyl (C=O) groups is 1. The molecule has 1 unspecified atom stereocenters. The zero-order valence-electron chi connectivity index (χ0n) is 12.7. The van der Waals surface area contributed by atoms with Crippen LogP contribution in [-0.4, -0.2) is 29.7 Å². The summed E-state index contributed by atoms with van der Waals surface area (Å²) in [6.45, 7) is -1.33. The fourth-order valence-corrected chi connectivity index (χ4v) is 2.26. The number of rotatable bonds is 5. The third-order valence-corrected chi connectivity index (χ3v) is 3.26. The first-order chi connectivity index (χ1) is 11.5. The van der Waals surface area contributed by atoms with Crippen molar-refractivity contribution in [3.05, 3.63) is 35.4 Å². The van der Waals surface area contributed by atoms with E-state index >= 15 is 0 Å². The number of alkyl halides is 2. The van der Waals surface area contributed by atoms with Gasteiger partial charge in [0.25, 0.3) is 0 Å². The highest BCUT2D eigenvalue weighted by Gasteiger charge is 2.31. The molecule has 0 fully saturated rings. The van der Waals surface area contributed by atoms with E-state index in [-0.39, 0.29) is 23.2 Å². The van der Waals surface area contributed by atoms with Crippen molar-refractivity contribution in [2.45, 2.75) is 19.6 Å². The molecule has 1 aromatic heterocycles. The van der Waals surface area contributed by atoms with Crippen molar-refractivity contribution in [1.29, 1.82) is 0 Å². The van der Waals surface area contributed by atoms with Crippen LogP contribution >= 0.6 is 0 Å². The molecule has 0 N–H and O–H groups in total. The zero-order valence-corrected chi connectivity index (χ0v) is 12.7. The number of ether oxygens (including phenoxy) is 4. The number of methoxy groups -OCH3 is 1.